The van der Waals surface area contributed by atoms with E-state index in [0.29, 0.717) is 5.56 Å². The molecule has 2 heterocycles. The van der Waals surface area contributed by atoms with Crippen molar-refractivity contribution in [3.8, 4) is 11.1 Å². The predicted octanol–water partition coefficient (Wildman–Crippen LogP) is 5.01. The normalized spacial score (nSPS) is 13.7. The van der Waals surface area contributed by atoms with Crippen LogP contribution in [0.4, 0.5) is 4.39 Å². The summed E-state index contributed by atoms with van der Waals surface area (Å²) in [6, 6.07) is 6.78. The minimum absolute atomic E-state index is 0.0968. The second-order valence-electron chi connectivity index (χ2n) is 6.67. The standard InChI is InChI=1S/C21H20FNO2S/c1-12-15(11-18(24)25-2)19(13-7-3-5-9-16(13)22)20-14-8-4-6-10-17(14)26-21(20)23-12/h3,5,7,9H,4,6,8,10-11H2,1-2H3. The van der Waals surface area contributed by atoms with Gasteiger partial charge < -0.3 is 4.74 Å². The third kappa shape index (κ3) is 2.80. The van der Waals surface area contributed by atoms with Crippen molar-refractivity contribution in [1.82, 2.24) is 4.98 Å². The average Bonchev–Trinajstić information content (AvgIpc) is 3.00. The predicted molar refractivity (Wildman–Crippen MR) is 102 cm³/mol. The van der Waals surface area contributed by atoms with Gasteiger partial charge in [-0.2, -0.15) is 0 Å². The van der Waals surface area contributed by atoms with Crippen molar-refractivity contribution in [2.24, 2.45) is 0 Å². The van der Waals surface area contributed by atoms with E-state index in [4.69, 9.17) is 9.72 Å². The van der Waals surface area contributed by atoms with Crippen molar-refractivity contribution < 1.29 is 13.9 Å². The summed E-state index contributed by atoms with van der Waals surface area (Å²) in [5.74, 6) is -0.614. The van der Waals surface area contributed by atoms with Crippen molar-refractivity contribution in [3.63, 3.8) is 0 Å². The molecule has 3 nitrogen and oxygen atoms in total. The van der Waals surface area contributed by atoms with E-state index in [-0.39, 0.29) is 18.2 Å². The van der Waals surface area contributed by atoms with Crippen LogP contribution < -0.4 is 0 Å². The lowest BCUT2D eigenvalue weighted by molar-refractivity contribution is -0.139. The summed E-state index contributed by atoms with van der Waals surface area (Å²) >= 11 is 1.71. The number of rotatable bonds is 3. The zero-order valence-electron chi connectivity index (χ0n) is 14.9. The van der Waals surface area contributed by atoms with Crippen molar-refractivity contribution >= 4 is 27.5 Å². The molecule has 0 saturated carbocycles. The molecule has 0 fully saturated rings. The number of carbonyl (C=O) groups excluding carboxylic acids is 1. The number of hydrogen-bond donors (Lipinski definition) is 0. The number of fused-ring (bicyclic) bond motifs is 3. The molecular weight excluding hydrogens is 349 g/mol. The number of halogens is 1. The molecule has 3 aromatic rings. The van der Waals surface area contributed by atoms with E-state index in [1.54, 1.807) is 23.5 Å². The van der Waals surface area contributed by atoms with E-state index in [0.717, 1.165) is 46.3 Å². The molecule has 4 rings (SSSR count). The molecule has 0 amide bonds. The molecule has 26 heavy (non-hydrogen) atoms. The molecule has 0 radical (unpaired) electrons. The number of ether oxygens (including phenoxy) is 1. The van der Waals surface area contributed by atoms with Gasteiger partial charge in [0.25, 0.3) is 0 Å². The zero-order chi connectivity index (χ0) is 18.3. The number of thiophene rings is 1. The van der Waals surface area contributed by atoms with E-state index < -0.39 is 0 Å². The highest BCUT2D eigenvalue weighted by Gasteiger charge is 2.25. The molecule has 0 N–H and O–H groups in total. The molecule has 5 heteroatoms. The van der Waals surface area contributed by atoms with Crippen LogP contribution in [0.15, 0.2) is 24.3 Å². The molecule has 0 atom stereocenters. The number of aromatic nitrogens is 1. The van der Waals surface area contributed by atoms with E-state index >= 15 is 0 Å². The number of hydrogen-bond acceptors (Lipinski definition) is 4. The van der Waals surface area contributed by atoms with Gasteiger partial charge in [0.05, 0.1) is 13.5 Å². The van der Waals surface area contributed by atoms with Gasteiger partial charge in [-0.15, -0.1) is 11.3 Å². The Labute approximate surface area is 155 Å². The summed E-state index contributed by atoms with van der Waals surface area (Å²) in [6.45, 7) is 1.89. The van der Waals surface area contributed by atoms with Gasteiger partial charge in [-0.05, 0) is 49.8 Å². The van der Waals surface area contributed by atoms with Crippen molar-refractivity contribution in [2.45, 2.75) is 39.0 Å². The van der Waals surface area contributed by atoms with Gasteiger partial charge in [0.15, 0.2) is 0 Å². The smallest absolute Gasteiger partial charge is 0.310 e. The maximum absolute atomic E-state index is 14.7. The Balaban J connectivity index is 2.09. The molecule has 2 aromatic heterocycles. The minimum Gasteiger partial charge on any atom is -0.469 e. The van der Waals surface area contributed by atoms with Gasteiger partial charge in [-0.25, -0.2) is 9.37 Å². The first-order valence-electron chi connectivity index (χ1n) is 8.85. The first-order chi connectivity index (χ1) is 12.6. The van der Waals surface area contributed by atoms with Crippen LogP contribution in [0.1, 0.15) is 34.5 Å². The highest BCUT2D eigenvalue weighted by molar-refractivity contribution is 7.19. The van der Waals surface area contributed by atoms with Crippen LogP contribution in [0.25, 0.3) is 21.3 Å². The van der Waals surface area contributed by atoms with Crippen LogP contribution in [0.2, 0.25) is 0 Å². The number of nitrogens with zero attached hydrogens (tertiary/aromatic N) is 1. The Kier molecular flexibility index (Phi) is 4.49. The minimum atomic E-state index is -0.337. The van der Waals surface area contributed by atoms with Gasteiger partial charge in [0.2, 0.25) is 0 Å². The topological polar surface area (TPSA) is 39.2 Å². The quantitative estimate of drug-likeness (QED) is 0.610. The molecule has 134 valence electrons. The first kappa shape index (κ1) is 17.2. The number of aryl methyl sites for hydroxylation is 3. The Morgan fingerprint density at radius 3 is 2.81 bits per heavy atom. The molecular formula is C21H20FNO2S. The van der Waals surface area contributed by atoms with Gasteiger partial charge in [-0.1, -0.05) is 18.2 Å². The summed E-state index contributed by atoms with van der Waals surface area (Å²) in [4.78, 5) is 19.1. The summed E-state index contributed by atoms with van der Waals surface area (Å²) < 4.78 is 19.6. The molecule has 0 unspecified atom stereocenters. The van der Waals surface area contributed by atoms with Crippen molar-refractivity contribution in [3.05, 3.63) is 51.8 Å². The lowest BCUT2D eigenvalue weighted by atomic mass is 9.89. The largest absolute Gasteiger partial charge is 0.469 e. The van der Waals surface area contributed by atoms with Crippen LogP contribution >= 0.6 is 11.3 Å². The van der Waals surface area contributed by atoms with Crippen LogP contribution in [0.3, 0.4) is 0 Å². The fourth-order valence-electron chi connectivity index (χ4n) is 3.83. The second kappa shape index (κ2) is 6.80. The zero-order valence-corrected chi connectivity index (χ0v) is 15.7. The lowest BCUT2D eigenvalue weighted by Crippen LogP contribution is -2.09. The van der Waals surface area contributed by atoms with E-state index in [9.17, 15) is 9.18 Å². The van der Waals surface area contributed by atoms with Crippen molar-refractivity contribution in [1.29, 1.82) is 0 Å². The van der Waals surface area contributed by atoms with E-state index in [1.807, 2.05) is 13.0 Å². The summed E-state index contributed by atoms with van der Waals surface area (Å²) in [7, 11) is 1.37. The fourth-order valence-corrected chi connectivity index (χ4v) is 5.15. The Bertz CT molecular complexity index is 1010. The van der Waals surface area contributed by atoms with Gasteiger partial charge in [0.1, 0.15) is 10.6 Å². The molecule has 0 aliphatic heterocycles. The fraction of sp³-hybridized carbons (Fsp3) is 0.333. The van der Waals surface area contributed by atoms with Gasteiger partial charge >= 0.3 is 5.97 Å². The molecule has 0 spiro atoms. The highest BCUT2D eigenvalue weighted by atomic mass is 32.1. The monoisotopic (exact) mass is 369 g/mol. The van der Waals surface area contributed by atoms with Crippen LogP contribution in [-0.2, 0) is 28.8 Å². The maximum Gasteiger partial charge on any atom is 0.310 e. The molecule has 0 saturated heterocycles. The molecule has 1 aromatic carbocycles. The number of pyridine rings is 1. The third-order valence-electron chi connectivity index (χ3n) is 5.10. The number of esters is 1. The van der Waals surface area contributed by atoms with Crippen LogP contribution in [0, 0.1) is 12.7 Å². The van der Waals surface area contributed by atoms with Crippen molar-refractivity contribution in [2.75, 3.05) is 7.11 Å². The van der Waals surface area contributed by atoms with E-state index in [1.165, 1.54) is 30.0 Å². The average molecular weight is 369 g/mol. The SMILES string of the molecule is COC(=O)Cc1c(C)nc2sc3c(c2c1-c1ccccc1F)CCCC3. The van der Waals surface area contributed by atoms with Gasteiger partial charge in [-0.3, -0.25) is 4.79 Å². The molecule has 1 aliphatic carbocycles. The van der Waals surface area contributed by atoms with Crippen LogP contribution in [0.5, 0.6) is 0 Å². The number of carbonyl (C=O) groups is 1. The maximum atomic E-state index is 14.7. The Morgan fingerprint density at radius 2 is 2.04 bits per heavy atom. The number of methoxy groups -OCH3 is 1. The third-order valence-corrected chi connectivity index (χ3v) is 6.29. The highest BCUT2D eigenvalue weighted by Crippen LogP contribution is 2.43. The molecule has 1 aliphatic rings. The number of benzene rings is 1. The lowest BCUT2D eigenvalue weighted by Gasteiger charge is -2.17. The Hall–Kier alpha value is -2.27. The van der Waals surface area contributed by atoms with Gasteiger partial charge in [0, 0.05) is 27.1 Å². The Morgan fingerprint density at radius 1 is 1.27 bits per heavy atom. The summed E-state index contributed by atoms with van der Waals surface area (Å²) in [5, 5.41) is 1.03. The summed E-state index contributed by atoms with van der Waals surface area (Å²) in [5.41, 5.74) is 4.16. The van der Waals surface area contributed by atoms with Crippen LogP contribution in [-0.4, -0.2) is 18.1 Å². The second-order valence-corrected chi connectivity index (χ2v) is 7.76. The molecule has 0 bridgehead atoms. The first-order valence-corrected chi connectivity index (χ1v) is 9.67. The van der Waals surface area contributed by atoms with E-state index in [2.05, 4.69) is 0 Å². The summed E-state index contributed by atoms with van der Waals surface area (Å²) in [6.07, 6.45) is 4.45.